The molecule has 0 heterocycles. The maximum atomic E-state index is 11.1. The highest BCUT2D eigenvalue weighted by Gasteiger charge is 2.09. The molecule has 0 aromatic rings. The van der Waals surface area contributed by atoms with Gasteiger partial charge < -0.3 is 4.74 Å². The van der Waals surface area contributed by atoms with E-state index in [-0.39, 0.29) is 6.10 Å². The minimum absolute atomic E-state index is 0.120. The number of hydrogen-bond donors (Lipinski definition) is 0. The third kappa shape index (κ3) is 6.62. The number of unbranched alkanes of at least 4 members (excludes halogenated alkanes) is 2. The maximum Gasteiger partial charge on any atom is 0.191 e. The minimum Gasteiger partial charge on any atom is -0.347 e. The quantitative estimate of drug-likeness (QED) is 0.429. The van der Waals surface area contributed by atoms with Crippen LogP contribution >= 0.6 is 0 Å². The third-order valence-corrected chi connectivity index (χ3v) is 2.00. The van der Waals surface area contributed by atoms with Crippen LogP contribution in [0.3, 0.4) is 0 Å². The van der Waals surface area contributed by atoms with Gasteiger partial charge in [0, 0.05) is 6.42 Å². The van der Waals surface area contributed by atoms with Gasteiger partial charge in [-0.25, -0.2) is 5.11 Å². The van der Waals surface area contributed by atoms with Crippen LogP contribution in [0.5, 0.6) is 0 Å². The van der Waals surface area contributed by atoms with Crippen molar-refractivity contribution in [3.8, 4) is 0 Å². The molecule has 0 saturated heterocycles. The first-order valence-corrected chi connectivity index (χ1v) is 5.02. The van der Waals surface area contributed by atoms with E-state index in [1.807, 2.05) is 13.8 Å². The van der Waals surface area contributed by atoms with E-state index in [1.54, 1.807) is 0 Å². The van der Waals surface area contributed by atoms with Crippen molar-refractivity contribution in [2.45, 2.75) is 65.3 Å². The Kier molecular flexibility index (Phi) is 7.51. The molecule has 2 unspecified atom stereocenters. The highest BCUT2D eigenvalue weighted by Crippen LogP contribution is 2.08. The van der Waals surface area contributed by atoms with Crippen LogP contribution in [-0.2, 0) is 9.84 Å². The van der Waals surface area contributed by atoms with E-state index in [4.69, 9.17) is 4.74 Å². The summed E-state index contributed by atoms with van der Waals surface area (Å²) in [5.41, 5.74) is 0. The summed E-state index contributed by atoms with van der Waals surface area (Å²) in [6, 6.07) is 0. The van der Waals surface area contributed by atoms with Crippen LogP contribution in [0, 0.1) is 0 Å². The number of rotatable bonds is 7. The summed E-state index contributed by atoms with van der Waals surface area (Å²) in [5.74, 6) is 0. The van der Waals surface area contributed by atoms with E-state index in [0.29, 0.717) is 6.42 Å². The van der Waals surface area contributed by atoms with Crippen LogP contribution in [0.2, 0.25) is 0 Å². The first kappa shape index (κ1) is 11.9. The Bertz CT molecular complexity index is 93.8. The molecule has 0 rings (SSSR count). The second kappa shape index (κ2) is 7.56. The van der Waals surface area contributed by atoms with Crippen LogP contribution in [0.1, 0.15) is 52.9 Å². The molecule has 2 nitrogen and oxygen atoms in total. The molecule has 0 spiro atoms. The van der Waals surface area contributed by atoms with Gasteiger partial charge in [-0.15, -0.1) is 0 Å². The monoisotopic (exact) mass is 173 g/mol. The van der Waals surface area contributed by atoms with Gasteiger partial charge >= 0.3 is 0 Å². The molecule has 0 saturated carbocycles. The highest BCUT2D eigenvalue weighted by molar-refractivity contribution is 4.49. The molecule has 0 amide bonds. The molecule has 0 fully saturated rings. The van der Waals surface area contributed by atoms with Crippen LogP contribution < -0.4 is 0 Å². The van der Waals surface area contributed by atoms with E-state index in [1.165, 1.54) is 0 Å². The fraction of sp³-hybridized carbons (Fsp3) is 1.00. The predicted octanol–water partition coefficient (Wildman–Crippen LogP) is 3.14. The zero-order chi connectivity index (χ0) is 9.40. The molecule has 0 aliphatic heterocycles. The Morgan fingerprint density at radius 2 is 1.92 bits per heavy atom. The van der Waals surface area contributed by atoms with E-state index < -0.39 is 6.29 Å². The van der Waals surface area contributed by atoms with Crippen LogP contribution in [0.4, 0.5) is 0 Å². The van der Waals surface area contributed by atoms with Crippen molar-refractivity contribution in [3.05, 3.63) is 0 Å². The Balaban J connectivity index is 3.26. The molecule has 0 aliphatic rings. The molecule has 12 heavy (non-hydrogen) atoms. The van der Waals surface area contributed by atoms with E-state index >= 15 is 0 Å². The van der Waals surface area contributed by atoms with Gasteiger partial charge in [0.15, 0.2) is 6.29 Å². The zero-order valence-electron chi connectivity index (χ0n) is 8.51. The highest BCUT2D eigenvalue weighted by atomic mass is 16.6. The van der Waals surface area contributed by atoms with Gasteiger partial charge in [0.2, 0.25) is 0 Å². The normalized spacial score (nSPS) is 16.0. The van der Waals surface area contributed by atoms with Crippen LogP contribution in [0.25, 0.3) is 0 Å². The molecule has 1 radical (unpaired) electrons. The molecular weight excluding hydrogens is 152 g/mol. The standard InChI is InChI=1S/C10H21O2/c1-4-6-7-8-10(11)12-9(3)5-2/h9-10H,4-8H2,1-3H3. The van der Waals surface area contributed by atoms with Gasteiger partial charge in [-0.2, -0.15) is 0 Å². The van der Waals surface area contributed by atoms with Crippen molar-refractivity contribution in [3.63, 3.8) is 0 Å². The van der Waals surface area contributed by atoms with Crippen molar-refractivity contribution >= 4 is 0 Å². The van der Waals surface area contributed by atoms with Crippen molar-refractivity contribution in [2.24, 2.45) is 0 Å². The molecule has 2 heteroatoms. The number of ether oxygens (including phenoxy) is 1. The van der Waals surface area contributed by atoms with Crippen molar-refractivity contribution < 1.29 is 9.84 Å². The summed E-state index contributed by atoms with van der Waals surface area (Å²) < 4.78 is 5.19. The predicted molar refractivity (Wildman–Crippen MR) is 49.5 cm³/mol. The largest absolute Gasteiger partial charge is 0.347 e. The van der Waals surface area contributed by atoms with Crippen molar-refractivity contribution in [1.29, 1.82) is 0 Å². The van der Waals surface area contributed by atoms with Crippen LogP contribution in [-0.4, -0.2) is 12.4 Å². The second-order valence-corrected chi connectivity index (χ2v) is 3.28. The smallest absolute Gasteiger partial charge is 0.191 e. The Hall–Kier alpha value is -0.0800. The van der Waals surface area contributed by atoms with Gasteiger partial charge in [-0.3, -0.25) is 0 Å². The molecule has 0 aliphatic carbocycles. The van der Waals surface area contributed by atoms with E-state index in [2.05, 4.69) is 6.92 Å². The van der Waals surface area contributed by atoms with Gasteiger partial charge in [-0.05, 0) is 19.8 Å². The van der Waals surface area contributed by atoms with Crippen LogP contribution in [0.15, 0.2) is 0 Å². The topological polar surface area (TPSA) is 29.1 Å². The molecule has 0 bridgehead atoms. The summed E-state index contributed by atoms with van der Waals surface area (Å²) in [5, 5.41) is 11.1. The van der Waals surface area contributed by atoms with Gasteiger partial charge in [0.1, 0.15) is 0 Å². The van der Waals surface area contributed by atoms with Crippen molar-refractivity contribution in [1.82, 2.24) is 0 Å². The Morgan fingerprint density at radius 3 is 2.42 bits per heavy atom. The SMILES string of the molecule is CCCCCC([O])OC(C)CC. The Labute approximate surface area is 75.9 Å². The van der Waals surface area contributed by atoms with E-state index in [9.17, 15) is 5.11 Å². The average Bonchev–Trinajstić information content (AvgIpc) is 2.05. The summed E-state index contributed by atoms with van der Waals surface area (Å²) in [6.07, 6.45) is 4.21. The lowest BCUT2D eigenvalue weighted by Gasteiger charge is -2.14. The molecular formula is C10H21O2. The fourth-order valence-corrected chi connectivity index (χ4v) is 0.984. The first-order valence-electron chi connectivity index (χ1n) is 5.02. The second-order valence-electron chi connectivity index (χ2n) is 3.28. The van der Waals surface area contributed by atoms with Gasteiger partial charge in [0.05, 0.1) is 6.10 Å². The molecule has 0 aromatic carbocycles. The maximum absolute atomic E-state index is 11.1. The summed E-state index contributed by atoms with van der Waals surface area (Å²) in [6.45, 7) is 6.11. The van der Waals surface area contributed by atoms with E-state index in [0.717, 1.165) is 25.7 Å². The number of hydrogen-bond acceptors (Lipinski definition) is 1. The fourth-order valence-electron chi connectivity index (χ4n) is 0.984. The summed E-state index contributed by atoms with van der Waals surface area (Å²) in [7, 11) is 0. The lowest BCUT2D eigenvalue weighted by atomic mass is 10.2. The average molecular weight is 173 g/mol. The minimum atomic E-state index is -0.800. The summed E-state index contributed by atoms with van der Waals surface area (Å²) in [4.78, 5) is 0. The van der Waals surface area contributed by atoms with Gasteiger partial charge in [-0.1, -0.05) is 26.7 Å². The lowest BCUT2D eigenvalue weighted by Crippen LogP contribution is -2.17. The lowest BCUT2D eigenvalue weighted by molar-refractivity contribution is -0.169. The Morgan fingerprint density at radius 1 is 1.25 bits per heavy atom. The molecule has 2 atom stereocenters. The van der Waals surface area contributed by atoms with Gasteiger partial charge in [0.25, 0.3) is 0 Å². The summed E-state index contributed by atoms with van der Waals surface area (Å²) >= 11 is 0. The van der Waals surface area contributed by atoms with Crippen molar-refractivity contribution in [2.75, 3.05) is 0 Å². The zero-order valence-corrected chi connectivity index (χ0v) is 8.51. The molecule has 73 valence electrons. The molecule has 0 N–H and O–H groups in total. The molecule has 0 aromatic heterocycles. The first-order chi connectivity index (χ1) is 5.70. The third-order valence-electron chi connectivity index (χ3n) is 2.00.